The lowest BCUT2D eigenvalue weighted by atomic mass is 10.0. The average Bonchev–Trinajstić information content (AvgIpc) is 3.41. The van der Waals surface area contributed by atoms with Crippen LogP contribution in [0, 0.1) is 11.8 Å². The zero-order valence-corrected chi connectivity index (χ0v) is 15.6. The van der Waals surface area contributed by atoms with Crippen molar-refractivity contribution < 1.29 is 9.59 Å². The molecule has 1 aromatic carbocycles. The standard InChI is InChI=1S/C18H28N4O2.ClH/c1-12(2)16(17(23)20-11-15(19)14-8-9-14)22-18(24)21-10-13-6-4-3-5-7-13;/h3-7,12,14-16H,8-11,19H2,1-2H3,(H,20,23)(H2,21,22,24);1H. The molecule has 7 heteroatoms. The van der Waals surface area contributed by atoms with Crippen molar-refractivity contribution in [3.05, 3.63) is 35.9 Å². The van der Waals surface area contributed by atoms with Crippen molar-refractivity contribution in [3.8, 4) is 0 Å². The summed E-state index contributed by atoms with van der Waals surface area (Å²) in [7, 11) is 0. The van der Waals surface area contributed by atoms with E-state index in [1.54, 1.807) is 0 Å². The highest BCUT2D eigenvalue weighted by Crippen LogP contribution is 2.31. The van der Waals surface area contributed by atoms with Gasteiger partial charge in [-0.05, 0) is 30.2 Å². The molecule has 25 heavy (non-hydrogen) atoms. The number of carbonyl (C=O) groups excluding carboxylic acids is 2. The minimum atomic E-state index is -0.577. The Morgan fingerprint density at radius 2 is 1.80 bits per heavy atom. The number of urea groups is 1. The molecule has 1 aliphatic carbocycles. The van der Waals surface area contributed by atoms with Crippen molar-refractivity contribution in [3.63, 3.8) is 0 Å². The summed E-state index contributed by atoms with van der Waals surface area (Å²) in [6, 6.07) is 8.72. The first-order chi connectivity index (χ1) is 11.5. The molecule has 3 amide bonds. The van der Waals surface area contributed by atoms with Crippen LogP contribution in [-0.4, -0.2) is 30.6 Å². The molecule has 0 heterocycles. The number of nitrogens with two attached hydrogens (primary N) is 1. The fourth-order valence-corrected chi connectivity index (χ4v) is 2.52. The van der Waals surface area contributed by atoms with Gasteiger partial charge in [-0.3, -0.25) is 4.79 Å². The fourth-order valence-electron chi connectivity index (χ4n) is 2.52. The number of hydrogen-bond donors (Lipinski definition) is 4. The molecule has 2 unspecified atom stereocenters. The Morgan fingerprint density at radius 3 is 2.36 bits per heavy atom. The highest BCUT2D eigenvalue weighted by Gasteiger charge is 2.30. The van der Waals surface area contributed by atoms with Gasteiger partial charge in [-0.1, -0.05) is 44.2 Å². The Labute approximate surface area is 155 Å². The van der Waals surface area contributed by atoms with Gasteiger partial charge >= 0.3 is 6.03 Å². The summed E-state index contributed by atoms with van der Waals surface area (Å²) in [6.07, 6.45) is 2.29. The molecule has 0 saturated heterocycles. The molecule has 1 aromatic rings. The van der Waals surface area contributed by atoms with Crippen LogP contribution in [0.25, 0.3) is 0 Å². The molecule has 140 valence electrons. The molecule has 0 aromatic heterocycles. The van der Waals surface area contributed by atoms with Crippen molar-refractivity contribution in [2.45, 2.75) is 45.3 Å². The van der Waals surface area contributed by atoms with E-state index in [4.69, 9.17) is 5.73 Å². The van der Waals surface area contributed by atoms with Gasteiger partial charge in [0.1, 0.15) is 6.04 Å². The molecule has 1 aliphatic rings. The topological polar surface area (TPSA) is 96.2 Å². The van der Waals surface area contributed by atoms with E-state index in [-0.39, 0.29) is 36.3 Å². The summed E-state index contributed by atoms with van der Waals surface area (Å²) in [5.74, 6) is 0.338. The van der Waals surface area contributed by atoms with Crippen molar-refractivity contribution in [2.75, 3.05) is 6.54 Å². The molecule has 2 atom stereocenters. The maximum absolute atomic E-state index is 12.3. The minimum absolute atomic E-state index is 0. The van der Waals surface area contributed by atoms with Crippen molar-refractivity contribution >= 4 is 24.3 Å². The summed E-state index contributed by atoms with van der Waals surface area (Å²) < 4.78 is 0. The minimum Gasteiger partial charge on any atom is -0.353 e. The van der Waals surface area contributed by atoms with Gasteiger partial charge in [-0.2, -0.15) is 0 Å². The summed E-state index contributed by atoms with van der Waals surface area (Å²) >= 11 is 0. The largest absolute Gasteiger partial charge is 0.353 e. The van der Waals surface area contributed by atoms with E-state index >= 15 is 0 Å². The Kier molecular flexibility index (Phi) is 8.72. The molecule has 5 N–H and O–H groups in total. The predicted octanol–water partition coefficient (Wildman–Crippen LogP) is 1.79. The van der Waals surface area contributed by atoms with Gasteiger partial charge in [-0.15, -0.1) is 12.4 Å². The third kappa shape index (κ3) is 7.32. The van der Waals surface area contributed by atoms with Gasteiger partial charge in [0.2, 0.25) is 5.91 Å². The smallest absolute Gasteiger partial charge is 0.315 e. The van der Waals surface area contributed by atoms with Gasteiger partial charge in [0, 0.05) is 19.1 Å². The van der Waals surface area contributed by atoms with E-state index in [0.717, 1.165) is 18.4 Å². The molecular formula is C18H29ClN4O2. The van der Waals surface area contributed by atoms with Crippen LogP contribution in [-0.2, 0) is 11.3 Å². The maximum atomic E-state index is 12.3. The van der Waals surface area contributed by atoms with Crippen LogP contribution < -0.4 is 21.7 Å². The fraction of sp³-hybridized carbons (Fsp3) is 0.556. The Hall–Kier alpha value is -1.79. The molecule has 2 rings (SSSR count). The quantitative estimate of drug-likeness (QED) is 0.563. The van der Waals surface area contributed by atoms with Crippen LogP contribution in [0.4, 0.5) is 4.79 Å². The van der Waals surface area contributed by atoms with Crippen LogP contribution in [0.3, 0.4) is 0 Å². The normalized spacial score (nSPS) is 15.7. The van der Waals surface area contributed by atoms with E-state index in [2.05, 4.69) is 16.0 Å². The Bertz CT molecular complexity index is 549. The van der Waals surface area contributed by atoms with Gasteiger partial charge in [-0.25, -0.2) is 4.79 Å². The number of amides is 3. The zero-order valence-electron chi connectivity index (χ0n) is 14.8. The first kappa shape index (κ1) is 21.3. The number of benzene rings is 1. The first-order valence-electron chi connectivity index (χ1n) is 8.59. The van der Waals surface area contributed by atoms with Crippen molar-refractivity contribution in [2.24, 2.45) is 17.6 Å². The zero-order chi connectivity index (χ0) is 17.5. The molecule has 0 radical (unpaired) electrons. The van der Waals surface area contributed by atoms with Crippen LogP contribution in [0.15, 0.2) is 30.3 Å². The van der Waals surface area contributed by atoms with E-state index in [1.165, 1.54) is 0 Å². The lowest BCUT2D eigenvalue weighted by molar-refractivity contribution is -0.123. The molecule has 0 bridgehead atoms. The first-order valence-corrected chi connectivity index (χ1v) is 8.59. The van der Waals surface area contributed by atoms with Gasteiger partial charge in [0.15, 0.2) is 0 Å². The molecule has 1 fully saturated rings. The SMILES string of the molecule is CC(C)C(NC(=O)NCc1ccccc1)C(=O)NCC(N)C1CC1.Cl. The Balaban J connectivity index is 0.00000312. The molecule has 6 nitrogen and oxygen atoms in total. The van der Waals surface area contributed by atoms with Crippen molar-refractivity contribution in [1.82, 2.24) is 16.0 Å². The number of halogens is 1. The van der Waals surface area contributed by atoms with E-state index < -0.39 is 6.04 Å². The van der Waals surface area contributed by atoms with E-state index in [1.807, 2.05) is 44.2 Å². The lowest BCUT2D eigenvalue weighted by Crippen LogP contribution is -2.54. The third-order valence-corrected chi connectivity index (χ3v) is 4.27. The van der Waals surface area contributed by atoms with E-state index in [0.29, 0.717) is 19.0 Å². The average molecular weight is 369 g/mol. The maximum Gasteiger partial charge on any atom is 0.315 e. The predicted molar refractivity (Wildman–Crippen MR) is 101 cm³/mol. The summed E-state index contributed by atoms with van der Waals surface area (Å²) in [4.78, 5) is 24.4. The summed E-state index contributed by atoms with van der Waals surface area (Å²) in [5.41, 5.74) is 7.01. The van der Waals surface area contributed by atoms with Crippen molar-refractivity contribution in [1.29, 1.82) is 0 Å². The van der Waals surface area contributed by atoms with Gasteiger partial charge in [0.25, 0.3) is 0 Å². The monoisotopic (exact) mass is 368 g/mol. The highest BCUT2D eigenvalue weighted by molar-refractivity contribution is 5.87. The number of rotatable bonds is 8. The van der Waals surface area contributed by atoms with Crippen LogP contribution in [0.1, 0.15) is 32.3 Å². The third-order valence-electron chi connectivity index (χ3n) is 4.27. The van der Waals surface area contributed by atoms with Gasteiger partial charge in [0.05, 0.1) is 0 Å². The highest BCUT2D eigenvalue weighted by atomic mass is 35.5. The second-order valence-corrected chi connectivity index (χ2v) is 6.78. The second kappa shape index (κ2) is 10.3. The second-order valence-electron chi connectivity index (χ2n) is 6.78. The molecule has 0 spiro atoms. The van der Waals surface area contributed by atoms with Gasteiger partial charge < -0.3 is 21.7 Å². The molecular weight excluding hydrogens is 340 g/mol. The number of carbonyl (C=O) groups is 2. The Morgan fingerprint density at radius 1 is 1.16 bits per heavy atom. The van der Waals surface area contributed by atoms with Crippen LogP contribution in [0.5, 0.6) is 0 Å². The molecule has 1 saturated carbocycles. The molecule has 0 aliphatic heterocycles. The van der Waals surface area contributed by atoms with E-state index in [9.17, 15) is 9.59 Å². The van der Waals surface area contributed by atoms with Crippen LogP contribution in [0.2, 0.25) is 0 Å². The van der Waals surface area contributed by atoms with Crippen LogP contribution >= 0.6 is 12.4 Å². The lowest BCUT2D eigenvalue weighted by Gasteiger charge is -2.23. The number of hydrogen-bond acceptors (Lipinski definition) is 3. The number of nitrogens with one attached hydrogen (secondary N) is 3. The summed E-state index contributed by atoms with van der Waals surface area (Å²) in [6.45, 7) is 4.69. The summed E-state index contributed by atoms with van der Waals surface area (Å²) in [5, 5.41) is 8.39.